The molecule has 0 amide bonds. The number of nitrogens with zero attached hydrogens (tertiary/aromatic N) is 2. The van der Waals surface area contributed by atoms with E-state index in [9.17, 15) is 23.1 Å². The van der Waals surface area contributed by atoms with Gasteiger partial charge in [-0.25, -0.2) is 14.8 Å². The van der Waals surface area contributed by atoms with E-state index in [2.05, 4.69) is 15.3 Å². The average molecular weight is 401 g/mol. The van der Waals surface area contributed by atoms with Gasteiger partial charge >= 0.3 is 12.1 Å². The largest absolute Gasteiger partial charge is 0.478 e. The molecule has 0 aliphatic rings. The zero-order chi connectivity index (χ0) is 21.2. The van der Waals surface area contributed by atoms with E-state index in [1.807, 2.05) is 26.0 Å². The molecule has 0 saturated carbocycles. The van der Waals surface area contributed by atoms with Gasteiger partial charge in [0.05, 0.1) is 5.56 Å². The van der Waals surface area contributed by atoms with Crippen LogP contribution in [-0.2, 0) is 12.6 Å². The number of carboxylic acid groups (broad SMARTS) is 1. The van der Waals surface area contributed by atoms with Gasteiger partial charge < -0.3 is 10.4 Å². The van der Waals surface area contributed by atoms with Gasteiger partial charge in [0.1, 0.15) is 5.69 Å². The maximum absolute atomic E-state index is 12.9. The molecule has 29 heavy (non-hydrogen) atoms. The first-order chi connectivity index (χ1) is 13.7. The number of aromatic nitrogens is 2. The summed E-state index contributed by atoms with van der Waals surface area (Å²) in [4.78, 5) is 18.9. The summed E-state index contributed by atoms with van der Waals surface area (Å²) >= 11 is 0. The van der Waals surface area contributed by atoms with E-state index >= 15 is 0 Å². The fraction of sp³-hybridized carbons (Fsp3) is 0.190. The number of nitrogens with one attached hydrogen (secondary N) is 1. The summed E-state index contributed by atoms with van der Waals surface area (Å²) in [5, 5.41) is 12.2. The summed E-state index contributed by atoms with van der Waals surface area (Å²) in [7, 11) is 0. The summed E-state index contributed by atoms with van der Waals surface area (Å²) < 4.78 is 38.6. The predicted octanol–water partition coefficient (Wildman–Crippen LogP) is 5.48. The Morgan fingerprint density at radius 1 is 1.17 bits per heavy atom. The van der Waals surface area contributed by atoms with Crippen LogP contribution in [0.25, 0.3) is 11.1 Å². The Balaban J connectivity index is 2.03. The molecule has 3 aromatic rings. The van der Waals surface area contributed by atoms with E-state index in [4.69, 9.17) is 0 Å². The van der Waals surface area contributed by atoms with Gasteiger partial charge in [-0.15, -0.1) is 0 Å². The maximum atomic E-state index is 12.9. The van der Waals surface area contributed by atoms with Crippen molar-refractivity contribution in [3.05, 3.63) is 71.0 Å². The van der Waals surface area contributed by atoms with Gasteiger partial charge in [0.2, 0.25) is 5.95 Å². The molecule has 2 N–H and O–H groups in total. The van der Waals surface area contributed by atoms with E-state index in [0.29, 0.717) is 17.7 Å². The smallest absolute Gasteiger partial charge is 0.433 e. The Labute approximate surface area is 165 Å². The fourth-order valence-electron chi connectivity index (χ4n) is 3.16. The van der Waals surface area contributed by atoms with E-state index in [0.717, 1.165) is 29.0 Å². The van der Waals surface area contributed by atoms with Crippen LogP contribution >= 0.6 is 0 Å². The van der Waals surface area contributed by atoms with Crippen molar-refractivity contribution in [2.45, 2.75) is 26.4 Å². The molecule has 1 heterocycles. The number of carbonyl (C=O) groups is 1. The van der Waals surface area contributed by atoms with Crippen molar-refractivity contribution >= 4 is 17.6 Å². The normalized spacial score (nSPS) is 11.3. The number of aryl methyl sites for hydroxylation is 1. The Bertz CT molecular complexity index is 1070. The lowest BCUT2D eigenvalue weighted by atomic mass is 9.92. The third kappa shape index (κ3) is 4.53. The van der Waals surface area contributed by atoms with Gasteiger partial charge in [-0.2, -0.15) is 13.2 Å². The predicted molar refractivity (Wildman–Crippen MR) is 103 cm³/mol. The van der Waals surface area contributed by atoms with Gasteiger partial charge in [0.25, 0.3) is 0 Å². The molecular formula is C21H18F3N3O2. The quantitative estimate of drug-likeness (QED) is 0.593. The molecular weight excluding hydrogens is 383 g/mol. The van der Waals surface area contributed by atoms with Gasteiger partial charge in [0.15, 0.2) is 0 Å². The highest BCUT2D eigenvalue weighted by molar-refractivity contribution is 5.92. The number of hydrogen-bond donors (Lipinski definition) is 2. The van der Waals surface area contributed by atoms with Gasteiger partial charge in [-0.05, 0) is 59.9 Å². The highest BCUT2D eigenvalue weighted by Crippen LogP contribution is 2.32. The number of hydrogen-bond acceptors (Lipinski definition) is 4. The minimum Gasteiger partial charge on any atom is -0.478 e. The van der Waals surface area contributed by atoms with Crippen LogP contribution < -0.4 is 5.32 Å². The van der Waals surface area contributed by atoms with E-state index in [1.165, 1.54) is 0 Å². The molecule has 1 aromatic heterocycles. The van der Waals surface area contributed by atoms with Gasteiger partial charge in [-0.1, -0.05) is 25.1 Å². The fourth-order valence-corrected chi connectivity index (χ4v) is 3.16. The van der Waals surface area contributed by atoms with E-state index in [-0.39, 0.29) is 11.5 Å². The molecule has 3 rings (SSSR count). The lowest BCUT2D eigenvalue weighted by Crippen LogP contribution is -2.10. The standard InChI is InChI=1S/C21H18F3N3O2/c1-3-15-16(5-4-6-17(15)19(28)29)13-9-12(2)10-14(11-13)26-20-25-8-7-18(27-20)21(22,23)24/h4-11H,3H2,1-2H3,(H,28,29)(H,25,26,27). The van der Waals surface area contributed by atoms with Crippen molar-refractivity contribution in [2.24, 2.45) is 0 Å². The highest BCUT2D eigenvalue weighted by Gasteiger charge is 2.32. The Kier molecular flexibility index (Phi) is 5.54. The highest BCUT2D eigenvalue weighted by atomic mass is 19.4. The van der Waals surface area contributed by atoms with Crippen molar-refractivity contribution in [2.75, 3.05) is 5.32 Å². The zero-order valence-electron chi connectivity index (χ0n) is 15.7. The Morgan fingerprint density at radius 2 is 1.93 bits per heavy atom. The average Bonchev–Trinajstić information content (AvgIpc) is 2.66. The third-order valence-corrected chi connectivity index (χ3v) is 4.35. The van der Waals surface area contributed by atoms with E-state index < -0.39 is 17.8 Å². The Hall–Kier alpha value is -3.42. The number of rotatable bonds is 5. The first kappa shape index (κ1) is 20.3. The summed E-state index contributed by atoms with van der Waals surface area (Å²) in [6.07, 6.45) is -3.00. The second kappa shape index (κ2) is 7.90. The van der Waals surface area contributed by atoms with Crippen LogP contribution in [0.3, 0.4) is 0 Å². The van der Waals surface area contributed by atoms with Crippen LogP contribution in [0.4, 0.5) is 24.8 Å². The number of alkyl halides is 3. The molecule has 0 aliphatic heterocycles. The van der Waals surface area contributed by atoms with E-state index in [1.54, 1.807) is 24.3 Å². The summed E-state index contributed by atoms with van der Waals surface area (Å²) in [5.74, 6) is -1.18. The third-order valence-electron chi connectivity index (χ3n) is 4.35. The SMILES string of the molecule is CCc1c(C(=O)O)cccc1-c1cc(C)cc(Nc2nccc(C(F)(F)F)n2)c1. The summed E-state index contributed by atoms with van der Waals surface area (Å²) in [6.45, 7) is 3.71. The molecule has 0 bridgehead atoms. The minimum atomic E-state index is -4.57. The van der Waals surface area contributed by atoms with Crippen LogP contribution in [0.15, 0.2) is 48.7 Å². The van der Waals surface area contributed by atoms with Crippen molar-refractivity contribution < 1.29 is 23.1 Å². The molecule has 8 heteroatoms. The number of benzene rings is 2. The zero-order valence-corrected chi connectivity index (χ0v) is 15.7. The van der Waals surface area contributed by atoms with Crippen molar-refractivity contribution in [3.8, 4) is 11.1 Å². The lowest BCUT2D eigenvalue weighted by Gasteiger charge is -2.14. The van der Waals surface area contributed by atoms with Crippen LogP contribution in [0.1, 0.15) is 34.1 Å². The van der Waals surface area contributed by atoms with Crippen molar-refractivity contribution in [1.29, 1.82) is 0 Å². The maximum Gasteiger partial charge on any atom is 0.433 e. The van der Waals surface area contributed by atoms with Gasteiger partial charge in [-0.3, -0.25) is 0 Å². The molecule has 2 aromatic carbocycles. The topological polar surface area (TPSA) is 75.1 Å². The molecule has 0 unspecified atom stereocenters. The second-order valence-electron chi connectivity index (χ2n) is 6.47. The number of anilines is 2. The molecule has 0 aliphatic carbocycles. The molecule has 0 atom stereocenters. The van der Waals surface area contributed by atoms with Crippen LogP contribution in [0.2, 0.25) is 0 Å². The van der Waals surface area contributed by atoms with Crippen LogP contribution in [0, 0.1) is 6.92 Å². The number of aromatic carboxylic acids is 1. The molecule has 0 saturated heterocycles. The molecule has 0 fully saturated rings. The first-order valence-corrected chi connectivity index (χ1v) is 8.83. The summed E-state index contributed by atoms with van der Waals surface area (Å²) in [6, 6.07) is 11.2. The summed E-state index contributed by atoms with van der Waals surface area (Å²) in [5.41, 5.74) is 2.73. The molecule has 5 nitrogen and oxygen atoms in total. The van der Waals surface area contributed by atoms with Crippen LogP contribution in [-0.4, -0.2) is 21.0 Å². The molecule has 150 valence electrons. The van der Waals surface area contributed by atoms with Crippen LogP contribution in [0.5, 0.6) is 0 Å². The molecule has 0 radical (unpaired) electrons. The minimum absolute atomic E-state index is 0.175. The molecule has 0 spiro atoms. The van der Waals surface area contributed by atoms with Crippen molar-refractivity contribution in [1.82, 2.24) is 9.97 Å². The second-order valence-corrected chi connectivity index (χ2v) is 6.47. The lowest BCUT2D eigenvalue weighted by molar-refractivity contribution is -0.141. The number of halogens is 3. The number of carboxylic acids is 1. The Morgan fingerprint density at radius 3 is 2.59 bits per heavy atom. The monoisotopic (exact) mass is 401 g/mol. The van der Waals surface area contributed by atoms with Gasteiger partial charge in [0, 0.05) is 11.9 Å². The first-order valence-electron chi connectivity index (χ1n) is 8.83. The van der Waals surface area contributed by atoms with Crippen molar-refractivity contribution in [3.63, 3.8) is 0 Å².